The zero-order chi connectivity index (χ0) is 15.6. The molecule has 0 radical (unpaired) electrons. The molecule has 0 saturated heterocycles. The molecule has 3 nitrogen and oxygen atoms in total. The average molecular weight is 369 g/mol. The highest BCUT2D eigenvalue weighted by Gasteiger charge is 2.37. The molecule has 21 heavy (non-hydrogen) atoms. The van der Waals surface area contributed by atoms with Gasteiger partial charge in [0.25, 0.3) is 0 Å². The molecule has 1 fully saturated rings. The van der Waals surface area contributed by atoms with Gasteiger partial charge in [0.05, 0.1) is 5.69 Å². The summed E-state index contributed by atoms with van der Waals surface area (Å²) in [5.74, 6) is 0.164. The molecule has 1 amide bonds. The molecule has 1 saturated carbocycles. The zero-order valence-electron chi connectivity index (χ0n) is 12.4. The first-order chi connectivity index (χ1) is 9.81. The third-order valence-electron chi connectivity index (χ3n) is 4.34. The maximum Gasteiger partial charge on any atom is 0.228 e. The Hall–Kier alpha value is -0.940. The predicted octanol–water partition coefficient (Wildman–Crippen LogP) is 4.24. The average Bonchev–Trinajstić information content (AvgIpc) is 2.40. The number of nitrogens with one attached hydrogen (secondary N) is 1. The molecular formula is C16H21BrN2OS. The summed E-state index contributed by atoms with van der Waals surface area (Å²) >= 11 is 8.42. The van der Waals surface area contributed by atoms with Crippen molar-refractivity contribution >= 4 is 44.7 Å². The molecular weight excluding hydrogens is 348 g/mol. The molecule has 0 aliphatic heterocycles. The second-order valence-electron chi connectivity index (χ2n) is 6.34. The molecule has 114 valence electrons. The topological polar surface area (TPSA) is 55.1 Å². The van der Waals surface area contributed by atoms with Gasteiger partial charge in [0, 0.05) is 16.0 Å². The number of hydrogen-bond donors (Lipinski definition) is 2. The summed E-state index contributed by atoms with van der Waals surface area (Å²) in [6, 6.07) is 5.50. The summed E-state index contributed by atoms with van der Waals surface area (Å²) < 4.78 is 0.801. The summed E-state index contributed by atoms with van der Waals surface area (Å²) in [4.78, 5) is 12.9. The van der Waals surface area contributed by atoms with Crippen molar-refractivity contribution in [3.63, 3.8) is 0 Å². The molecule has 1 aliphatic rings. The lowest BCUT2D eigenvalue weighted by molar-refractivity contribution is -0.124. The van der Waals surface area contributed by atoms with E-state index in [1.807, 2.05) is 18.2 Å². The first kappa shape index (κ1) is 16.4. The minimum Gasteiger partial charge on any atom is -0.389 e. The zero-order valence-corrected chi connectivity index (χ0v) is 14.8. The number of rotatable bonds is 3. The SMILES string of the molecule is CC1(C)CCCCC1C(=O)Nc1ccc(C(N)=S)cc1Br. The maximum absolute atomic E-state index is 12.6. The molecule has 0 aromatic heterocycles. The number of amides is 1. The first-order valence-corrected chi connectivity index (χ1v) is 8.41. The van der Waals surface area contributed by atoms with Crippen LogP contribution >= 0.6 is 28.1 Å². The lowest BCUT2D eigenvalue weighted by Crippen LogP contribution is -2.37. The quantitative estimate of drug-likeness (QED) is 0.784. The van der Waals surface area contributed by atoms with Gasteiger partial charge in [0.1, 0.15) is 4.99 Å². The van der Waals surface area contributed by atoms with Gasteiger partial charge in [-0.2, -0.15) is 0 Å². The maximum atomic E-state index is 12.6. The summed E-state index contributed by atoms with van der Waals surface area (Å²) in [7, 11) is 0. The van der Waals surface area contributed by atoms with E-state index in [0.29, 0.717) is 4.99 Å². The molecule has 0 bridgehead atoms. The number of benzene rings is 1. The number of thiocarbonyl (C=S) groups is 1. The molecule has 0 heterocycles. The molecule has 5 heteroatoms. The van der Waals surface area contributed by atoms with Crippen LogP contribution in [-0.2, 0) is 4.79 Å². The summed E-state index contributed by atoms with van der Waals surface area (Å²) in [6.07, 6.45) is 4.40. The molecule has 2 rings (SSSR count). The standard InChI is InChI=1S/C16H21BrN2OS/c1-16(2)8-4-3-5-11(16)15(20)19-13-7-6-10(14(18)21)9-12(13)17/h6-7,9,11H,3-5,8H2,1-2H3,(H2,18,21)(H,19,20). The summed E-state index contributed by atoms with van der Waals surface area (Å²) in [6.45, 7) is 4.36. The minimum atomic E-state index is 0.0631. The van der Waals surface area contributed by atoms with E-state index < -0.39 is 0 Å². The Morgan fingerprint density at radius 3 is 2.71 bits per heavy atom. The van der Waals surface area contributed by atoms with Gasteiger partial charge in [-0.1, -0.05) is 38.9 Å². The monoisotopic (exact) mass is 368 g/mol. The van der Waals surface area contributed by atoms with Crippen LogP contribution in [-0.4, -0.2) is 10.9 Å². The van der Waals surface area contributed by atoms with Gasteiger partial charge in [-0.05, 0) is 52.4 Å². The van der Waals surface area contributed by atoms with Crippen molar-refractivity contribution in [2.24, 2.45) is 17.1 Å². The third kappa shape index (κ3) is 3.83. The van der Waals surface area contributed by atoms with Gasteiger partial charge in [0.15, 0.2) is 0 Å². The molecule has 1 unspecified atom stereocenters. The fraction of sp³-hybridized carbons (Fsp3) is 0.500. The Balaban J connectivity index is 2.14. The van der Waals surface area contributed by atoms with Crippen LogP contribution in [0.3, 0.4) is 0 Å². The molecule has 1 atom stereocenters. The second-order valence-corrected chi connectivity index (χ2v) is 7.63. The van der Waals surface area contributed by atoms with Crippen molar-refractivity contribution in [2.45, 2.75) is 39.5 Å². The van der Waals surface area contributed by atoms with Crippen LogP contribution in [0.2, 0.25) is 0 Å². The Labute approximate surface area is 139 Å². The fourth-order valence-corrected chi connectivity index (χ4v) is 3.57. The third-order valence-corrected chi connectivity index (χ3v) is 5.23. The van der Waals surface area contributed by atoms with Crippen LogP contribution in [0, 0.1) is 11.3 Å². The van der Waals surface area contributed by atoms with E-state index in [1.165, 1.54) is 6.42 Å². The Morgan fingerprint density at radius 2 is 2.14 bits per heavy atom. The van der Waals surface area contributed by atoms with E-state index in [4.69, 9.17) is 18.0 Å². The van der Waals surface area contributed by atoms with Crippen molar-refractivity contribution in [2.75, 3.05) is 5.32 Å². The Morgan fingerprint density at radius 1 is 1.43 bits per heavy atom. The molecule has 0 spiro atoms. The number of nitrogens with two attached hydrogens (primary N) is 1. The van der Waals surface area contributed by atoms with Crippen LogP contribution < -0.4 is 11.1 Å². The molecule has 3 N–H and O–H groups in total. The van der Waals surface area contributed by atoms with Crippen LogP contribution in [0.1, 0.15) is 45.1 Å². The van der Waals surface area contributed by atoms with Gasteiger partial charge >= 0.3 is 0 Å². The number of anilines is 1. The molecule has 1 aromatic carbocycles. The number of halogens is 1. The summed E-state index contributed by atoms with van der Waals surface area (Å²) in [5.41, 5.74) is 7.22. The largest absolute Gasteiger partial charge is 0.389 e. The van der Waals surface area contributed by atoms with Gasteiger partial charge in [-0.15, -0.1) is 0 Å². The van der Waals surface area contributed by atoms with Gasteiger partial charge in [-0.3, -0.25) is 4.79 Å². The molecule has 1 aliphatic carbocycles. The highest BCUT2D eigenvalue weighted by Crippen LogP contribution is 2.41. The number of carbonyl (C=O) groups excluding carboxylic acids is 1. The highest BCUT2D eigenvalue weighted by molar-refractivity contribution is 9.10. The van der Waals surface area contributed by atoms with E-state index in [-0.39, 0.29) is 17.2 Å². The predicted molar refractivity (Wildman–Crippen MR) is 94.4 cm³/mol. The van der Waals surface area contributed by atoms with Crippen molar-refractivity contribution in [3.8, 4) is 0 Å². The van der Waals surface area contributed by atoms with Crippen LogP contribution in [0.25, 0.3) is 0 Å². The Kier molecular flexibility index (Phi) is 5.04. The lowest BCUT2D eigenvalue weighted by Gasteiger charge is -2.37. The highest BCUT2D eigenvalue weighted by atomic mass is 79.9. The van der Waals surface area contributed by atoms with E-state index in [9.17, 15) is 4.79 Å². The summed E-state index contributed by atoms with van der Waals surface area (Å²) in [5, 5.41) is 3.03. The van der Waals surface area contributed by atoms with Crippen molar-refractivity contribution < 1.29 is 4.79 Å². The first-order valence-electron chi connectivity index (χ1n) is 7.21. The number of carbonyl (C=O) groups is 1. The van der Waals surface area contributed by atoms with E-state index >= 15 is 0 Å². The second kappa shape index (κ2) is 6.44. The van der Waals surface area contributed by atoms with Gasteiger partial charge in [-0.25, -0.2) is 0 Å². The Bertz CT molecular complexity index is 571. The van der Waals surface area contributed by atoms with Gasteiger partial charge < -0.3 is 11.1 Å². The lowest BCUT2D eigenvalue weighted by atomic mass is 9.68. The van der Waals surface area contributed by atoms with Crippen molar-refractivity contribution in [3.05, 3.63) is 28.2 Å². The van der Waals surface area contributed by atoms with Crippen LogP contribution in [0.5, 0.6) is 0 Å². The number of hydrogen-bond acceptors (Lipinski definition) is 2. The van der Waals surface area contributed by atoms with Crippen molar-refractivity contribution in [1.29, 1.82) is 0 Å². The van der Waals surface area contributed by atoms with E-state index in [0.717, 1.165) is 35.0 Å². The van der Waals surface area contributed by atoms with E-state index in [1.54, 1.807) is 0 Å². The van der Waals surface area contributed by atoms with Gasteiger partial charge in [0.2, 0.25) is 5.91 Å². The normalized spacial score (nSPS) is 20.8. The molecule has 1 aromatic rings. The minimum absolute atomic E-state index is 0.0631. The van der Waals surface area contributed by atoms with Crippen LogP contribution in [0.4, 0.5) is 5.69 Å². The van der Waals surface area contributed by atoms with E-state index in [2.05, 4.69) is 35.1 Å². The fourth-order valence-electron chi connectivity index (χ4n) is 2.97. The van der Waals surface area contributed by atoms with Crippen molar-refractivity contribution in [1.82, 2.24) is 0 Å². The van der Waals surface area contributed by atoms with Crippen LogP contribution in [0.15, 0.2) is 22.7 Å². The smallest absolute Gasteiger partial charge is 0.228 e.